The molecule has 0 radical (unpaired) electrons. The standard InChI is InChI=1S/C16H19ClN4O2/c1-11-8-12(17)4-5-13(11)21-16(22)14-9-15(20-10-19-14)18-6-3-7-23-2/h4-5,8-10H,3,6-7H2,1-2H3,(H,21,22)(H,18,19,20). The van der Waals surface area contributed by atoms with E-state index in [1.807, 2.05) is 6.92 Å². The fraction of sp³-hybridized carbons (Fsp3) is 0.312. The van der Waals surface area contributed by atoms with Gasteiger partial charge < -0.3 is 15.4 Å². The summed E-state index contributed by atoms with van der Waals surface area (Å²) in [6.45, 7) is 3.26. The van der Waals surface area contributed by atoms with Gasteiger partial charge >= 0.3 is 0 Å². The van der Waals surface area contributed by atoms with Crippen LogP contribution in [0.3, 0.4) is 0 Å². The second kappa shape index (κ2) is 8.45. The third-order valence-corrected chi connectivity index (χ3v) is 3.40. The van der Waals surface area contributed by atoms with Crippen LogP contribution in [-0.2, 0) is 4.74 Å². The van der Waals surface area contributed by atoms with Gasteiger partial charge in [0.1, 0.15) is 17.8 Å². The lowest BCUT2D eigenvalue weighted by molar-refractivity contribution is 0.102. The first-order valence-corrected chi connectivity index (χ1v) is 7.60. The normalized spacial score (nSPS) is 10.4. The third-order valence-electron chi connectivity index (χ3n) is 3.17. The maximum atomic E-state index is 12.3. The summed E-state index contributed by atoms with van der Waals surface area (Å²) in [6, 6.07) is 6.90. The topological polar surface area (TPSA) is 76.1 Å². The van der Waals surface area contributed by atoms with Crippen LogP contribution in [0, 0.1) is 6.92 Å². The van der Waals surface area contributed by atoms with Gasteiger partial charge in [0, 0.05) is 37.0 Å². The monoisotopic (exact) mass is 334 g/mol. The van der Waals surface area contributed by atoms with Gasteiger partial charge in [0.05, 0.1) is 0 Å². The molecule has 1 aromatic carbocycles. The predicted octanol–water partition coefficient (Wildman–Crippen LogP) is 3.14. The first kappa shape index (κ1) is 17.2. The summed E-state index contributed by atoms with van der Waals surface area (Å²) < 4.78 is 4.98. The average molecular weight is 335 g/mol. The van der Waals surface area contributed by atoms with Crippen LogP contribution in [0.1, 0.15) is 22.5 Å². The molecule has 0 spiro atoms. The lowest BCUT2D eigenvalue weighted by Gasteiger charge is -2.09. The fourth-order valence-corrected chi connectivity index (χ4v) is 2.19. The quantitative estimate of drug-likeness (QED) is 0.761. The fourth-order valence-electron chi connectivity index (χ4n) is 1.96. The Balaban J connectivity index is 2.01. The molecule has 0 unspecified atom stereocenters. The SMILES string of the molecule is COCCCNc1cc(C(=O)Nc2ccc(Cl)cc2C)ncn1. The van der Waals surface area contributed by atoms with Crippen molar-refractivity contribution in [3.05, 3.63) is 46.9 Å². The van der Waals surface area contributed by atoms with Gasteiger partial charge in [0.25, 0.3) is 5.91 Å². The number of benzene rings is 1. The van der Waals surface area contributed by atoms with Gasteiger partial charge in [-0.25, -0.2) is 9.97 Å². The zero-order chi connectivity index (χ0) is 16.7. The van der Waals surface area contributed by atoms with Crippen molar-refractivity contribution in [1.82, 2.24) is 9.97 Å². The summed E-state index contributed by atoms with van der Waals surface area (Å²) in [7, 11) is 1.66. The Morgan fingerprint density at radius 2 is 2.13 bits per heavy atom. The van der Waals surface area contributed by atoms with Crippen molar-refractivity contribution in [1.29, 1.82) is 0 Å². The number of anilines is 2. The zero-order valence-corrected chi connectivity index (χ0v) is 13.9. The molecular weight excluding hydrogens is 316 g/mol. The molecule has 1 aromatic heterocycles. The van der Waals surface area contributed by atoms with Crippen molar-refractivity contribution in [3.63, 3.8) is 0 Å². The van der Waals surface area contributed by atoms with E-state index < -0.39 is 0 Å². The van der Waals surface area contributed by atoms with Crippen LogP contribution in [0.25, 0.3) is 0 Å². The minimum Gasteiger partial charge on any atom is -0.385 e. The molecular formula is C16H19ClN4O2. The van der Waals surface area contributed by atoms with E-state index in [-0.39, 0.29) is 5.91 Å². The number of methoxy groups -OCH3 is 1. The maximum Gasteiger partial charge on any atom is 0.274 e. The highest BCUT2D eigenvalue weighted by atomic mass is 35.5. The highest BCUT2D eigenvalue weighted by Crippen LogP contribution is 2.20. The first-order valence-electron chi connectivity index (χ1n) is 7.22. The highest BCUT2D eigenvalue weighted by Gasteiger charge is 2.10. The van der Waals surface area contributed by atoms with Crippen molar-refractivity contribution in [2.75, 3.05) is 30.9 Å². The number of halogens is 1. The molecule has 1 heterocycles. The van der Waals surface area contributed by atoms with Gasteiger partial charge in [-0.05, 0) is 37.1 Å². The van der Waals surface area contributed by atoms with Gasteiger partial charge in [-0.2, -0.15) is 0 Å². The molecule has 1 amide bonds. The number of amides is 1. The molecule has 6 nitrogen and oxygen atoms in total. The molecule has 0 saturated heterocycles. The summed E-state index contributed by atoms with van der Waals surface area (Å²) in [6.07, 6.45) is 2.22. The smallest absolute Gasteiger partial charge is 0.274 e. The molecule has 0 bridgehead atoms. The number of aryl methyl sites for hydroxylation is 1. The van der Waals surface area contributed by atoms with Gasteiger partial charge in [0.2, 0.25) is 0 Å². The van der Waals surface area contributed by atoms with E-state index >= 15 is 0 Å². The molecule has 0 aliphatic rings. The molecule has 2 N–H and O–H groups in total. The number of rotatable bonds is 7. The van der Waals surface area contributed by atoms with E-state index in [1.54, 1.807) is 31.4 Å². The second-order valence-corrected chi connectivity index (χ2v) is 5.41. The molecule has 2 rings (SSSR count). The van der Waals surface area contributed by atoms with Crippen LogP contribution in [0.15, 0.2) is 30.6 Å². The maximum absolute atomic E-state index is 12.3. The highest BCUT2D eigenvalue weighted by molar-refractivity contribution is 6.30. The van der Waals surface area contributed by atoms with E-state index in [4.69, 9.17) is 16.3 Å². The number of carbonyl (C=O) groups is 1. The van der Waals surface area contributed by atoms with Crippen molar-refractivity contribution < 1.29 is 9.53 Å². The molecule has 0 atom stereocenters. The number of aromatic nitrogens is 2. The van der Waals surface area contributed by atoms with Crippen molar-refractivity contribution in [2.45, 2.75) is 13.3 Å². The number of carbonyl (C=O) groups excluding carboxylic acids is 1. The average Bonchev–Trinajstić information content (AvgIpc) is 2.54. The summed E-state index contributed by atoms with van der Waals surface area (Å²) >= 11 is 5.91. The Bertz CT molecular complexity index is 679. The van der Waals surface area contributed by atoms with Crippen molar-refractivity contribution in [3.8, 4) is 0 Å². The predicted molar refractivity (Wildman–Crippen MR) is 91.2 cm³/mol. The molecule has 0 aliphatic heterocycles. The first-order chi connectivity index (χ1) is 11.1. The van der Waals surface area contributed by atoms with Gasteiger partial charge in [0.15, 0.2) is 0 Å². The minimum absolute atomic E-state index is 0.294. The number of hydrogen-bond acceptors (Lipinski definition) is 5. The van der Waals surface area contributed by atoms with E-state index in [9.17, 15) is 4.79 Å². The number of nitrogens with zero attached hydrogens (tertiary/aromatic N) is 2. The Kier molecular flexibility index (Phi) is 6.31. The number of ether oxygens (including phenoxy) is 1. The zero-order valence-electron chi connectivity index (χ0n) is 13.1. The van der Waals surface area contributed by atoms with Crippen molar-refractivity contribution in [2.24, 2.45) is 0 Å². The number of nitrogens with one attached hydrogen (secondary N) is 2. The van der Waals surface area contributed by atoms with Crippen LogP contribution in [0.2, 0.25) is 5.02 Å². The van der Waals surface area contributed by atoms with E-state index in [2.05, 4.69) is 20.6 Å². The summed E-state index contributed by atoms with van der Waals surface area (Å²) in [5.74, 6) is 0.312. The van der Waals surface area contributed by atoms with Gasteiger partial charge in [-0.1, -0.05) is 11.6 Å². The number of hydrogen-bond donors (Lipinski definition) is 2. The van der Waals surface area contributed by atoms with Gasteiger partial charge in [-0.3, -0.25) is 4.79 Å². The Morgan fingerprint density at radius 3 is 2.87 bits per heavy atom. The third kappa shape index (κ3) is 5.19. The summed E-state index contributed by atoms with van der Waals surface area (Å²) in [5.41, 5.74) is 1.88. The largest absolute Gasteiger partial charge is 0.385 e. The van der Waals surface area contributed by atoms with Gasteiger partial charge in [-0.15, -0.1) is 0 Å². The van der Waals surface area contributed by atoms with E-state index in [1.165, 1.54) is 6.33 Å². The molecule has 7 heteroatoms. The Morgan fingerprint density at radius 1 is 1.30 bits per heavy atom. The lowest BCUT2D eigenvalue weighted by atomic mass is 10.2. The van der Waals surface area contributed by atoms with Crippen LogP contribution in [0.5, 0.6) is 0 Å². The summed E-state index contributed by atoms with van der Waals surface area (Å²) in [4.78, 5) is 20.4. The minimum atomic E-state index is -0.294. The molecule has 122 valence electrons. The van der Waals surface area contributed by atoms with E-state index in [0.29, 0.717) is 35.4 Å². The molecule has 2 aromatic rings. The van der Waals surface area contributed by atoms with Crippen LogP contribution >= 0.6 is 11.6 Å². The Labute approximate surface area is 140 Å². The van der Waals surface area contributed by atoms with Crippen LogP contribution < -0.4 is 10.6 Å². The molecule has 0 saturated carbocycles. The second-order valence-electron chi connectivity index (χ2n) is 4.97. The Hall–Kier alpha value is -2.18. The summed E-state index contributed by atoms with van der Waals surface area (Å²) in [5, 5.41) is 6.58. The molecule has 0 aliphatic carbocycles. The van der Waals surface area contributed by atoms with Crippen LogP contribution in [0.4, 0.5) is 11.5 Å². The van der Waals surface area contributed by atoms with Crippen LogP contribution in [-0.4, -0.2) is 36.1 Å². The van der Waals surface area contributed by atoms with E-state index in [0.717, 1.165) is 12.0 Å². The molecule has 23 heavy (non-hydrogen) atoms. The van der Waals surface area contributed by atoms with Crippen molar-refractivity contribution >= 4 is 29.0 Å². The molecule has 0 fully saturated rings. The lowest BCUT2D eigenvalue weighted by Crippen LogP contribution is -2.15.